The lowest BCUT2D eigenvalue weighted by Gasteiger charge is -2.30. The predicted molar refractivity (Wildman–Crippen MR) is 101 cm³/mol. The molecule has 1 aliphatic heterocycles. The lowest BCUT2D eigenvalue weighted by molar-refractivity contribution is 0.0908. The van der Waals surface area contributed by atoms with Crippen molar-refractivity contribution in [2.75, 3.05) is 20.1 Å². The number of carbonyl (C=O) groups is 1. The van der Waals surface area contributed by atoms with Gasteiger partial charge in [-0.25, -0.2) is 4.98 Å². The molecule has 0 saturated carbocycles. The van der Waals surface area contributed by atoms with Gasteiger partial charge in [0.15, 0.2) is 0 Å². The first-order valence-corrected chi connectivity index (χ1v) is 8.85. The molecule has 6 nitrogen and oxygen atoms in total. The Morgan fingerprint density at radius 3 is 2.81 bits per heavy atom. The zero-order chi connectivity index (χ0) is 17.9. The van der Waals surface area contributed by atoms with Crippen LogP contribution in [0.4, 0.5) is 0 Å². The summed E-state index contributed by atoms with van der Waals surface area (Å²) in [5.74, 6) is -0.126. The molecule has 1 unspecified atom stereocenters. The smallest absolute Gasteiger partial charge is 0.270 e. The van der Waals surface area contributed by atoms with Gasteiger partial charge in [-0.1, -0.05) is 0 Å². The number of carbonyl (C=O) groups excluding carboxylic acids is 1. The number of nitrogens with zero attached hydrogens (tertiary/aromatic N) is 4. The Morgan fingerprint density at radius 2 is 2.00 bits per heavy atom. The first-order chi connectivity index (χ1) is 12.7. The van der Waals surface area contributed by atoms with Crippen LogP contribution in [0.3, 0.4) is 0 Å². The molecule has 4 heterocycles. The van der Waals surface area contributed by atoms with Crippen LogP contribution in [0.25, 0.3) is 22.0 Å². The molecule has 0 spiro atoms. The number of piperidine rings is 1. The van der Waals surface area contributed by atoms with Gasteiger partial charge in [0, 0.05) is 42.8 Å². The Balaban J connectivity index is 1.70. The van der Waals surface area contributed by atoms with Gasteiger partial charge in [-0.3, -0.25) is 14.8 Å². The van der Waals surface area contributed by atoms with Gasteiger partial charge in [-0.05, 0) is 61.8 Å². The summed E-state index contributed by atoms with van der Waals surface area (Å²) >= 11 is 0. The summed E-state index contributed by atoms with van der Waals surface area (Å²) < 4.78 is 0. The molecule has 3 aromatic rings. The SMILES string of the molecule is CN1CCCC(NC(=O)c2cc(-c3ccncc3)c3cnccc3n2)C1. The normalized spacial score (nSPS) is 18.0. The average Bonchev–Trinajstić information content (AvgIpc) is 2.68. The summed E-state index contributed by atoms with van der Waals surface area (Å²) in [6.45, 7) is 1.96. The van der Waals surface area contributed by atoms with Crippen LogP contribution in [0.1, 0.15) is 23.3 Å². The largest absolute Gasteiger partial charge is 0.347 e. The van der Waals surface area contributed by atoms with E-state index in [0.29, 0.717) is 5.69 Å². The molecule has 0 bridgehead atoms. The number of hydrogen-bond acceptors (Lipinski definition) is 5. The minimum atomic E-state index is -0.126. The third-order valence-corrected chi connectivity index (χ3v) is 4.79. The number of hydrogen-bond donors (Lipinski definition) is 1. The Morgan fingerprint density at radius 1 is 1.19 bits per heavy atom. The molecule has 4 rings (SSSR count). The monoisotopic (exact) mass is 347 g/mol. The number of likely N-dealkylation sites (N-methyl/N-ethyl adjacent to an activating group) is 1. The van der Waals surface area contributed by atoms with Crippen molar-refractivity contribution in [3.8, 4) is 11.1 Å². The van der Waals surface area contributed by atoms with Gasteiger partial charge in [0.2, 0.25) is 0 Å². The Hall–Kier alpha value is -2.86. The molecule has 26 heavy (non-hydrogen) atoms. The van der Waals surface area contributed by atoms with E-state index in [9.17, 15) is 4.79 Å². The Labute approximate surface area is 152 Å². The van der Waals surface area contributed by atoms with E-state index in [2.05, 4.69) is 32.2 Å². The standard InChI is InChI=1S/C20H21N5O/c1-25-10-2-3-15(13-25)23-20(26)19-11-16(14-4-7-21-8-5-14)17-12-22-9-6-18(17)24-19/h4-9,11-12,15H,2-3,10,13H2,1H3,(H,23,26). The number of rotatable bonds is 3. The summed E-state index contributed by atoms with van der Waals surface area (Å²) in [6.07, 6.45) is 9.08. The minimum absolute atomic E-state index is 0.126. The zero-order valence-electron chi connectivity index (χ0n) is 14.7. The summed E-state index contributed by atoms with van der Waals surface area (Å²) in [5, 5.41) is 4.06. The molecule has 1 amide bonds. The molecule has 1 N–H and O–H groups in total. The second-order valence-corrected chi connectivity index (χ2v) is 6.76. The molecule has 0 radical (unpaired) electrons. The molecular formula is C20H21N5O. The molecule has 3 aromatic heterocycles. The predicted octanol–water partition coefficient (Wildman–Crippen LogP) is 2.52. The van der Waals surface area contributed by atoms with E-state index in [1.807, 2.05) is 24.3 Å². The van der Waals surface area contributed by atoms with Gasteiger partial charge in [-0.2, -0.15) is 0 Å². The zero-order valence-corrected chi connectivity index (χ0v) is 14.7. The quantitative estimate of drug-likeness (QED) is 0.788. The highest BCUT2D eigenvalue weighted by atomic mass is 16.1. The topological polar surface area (TPSA) is 71.0 Å². The van der Waals surface area contributed by atoms with Crippen molar-refractivity contribution < 1.29 is 4.79 Å². The van der Waals surface area contributed by atoms with Crippen LogP contribution in [-0.4, -0.2) is 51.9 Å². The van der Waals surface area contributed by atoms with Crippen LogP contribution in [0.5, 0.6) is 0 Å². The van der Waals surface area contributed by atoms with Crippen molar-refractivity contribution in [3.05, 3.63) is 54.7 Å². The minimum Gasteiger partial charge on any atom is -0.347 e. The molecule has 6 heteroatoms. The molecule has 1 fully saturated rings. The Bertz CT molecular complexity index is 928. The van der Waals surface area contributed by atoms with Crippen LogP contribution in [0, 0.1) is 0 Å². The van der Waals surface area contributed by atoms with Crippen molar-refractivity contribution in [2.45, 2.75) is 18.9 Å². The van der Waals surface area contributed by atoms with Gasteiger partial charge in [0.05, 0.1) is 5.52 Å². The number of likely N-dealkylation sites (tertiary alicyclic amines) is 1. The lowest BCUT2D eigenvalue weighted by atomic mass is 10.0. The second-order valence-electron chi connectivity index (χ2n) is 6.76. The van der Waals surface area contributed by atoms with E-state index in [-0.39, 0.29) is 11.9 Å². The van der Waals surface area contributed by atoms with Crippen molar-refractivity contribution in [1.29, 1.82) is 0 Å². The highest BCUT2D eigenvalue weighted by Crippen LogP contribution is 2.27. The third-order valence-electron chi connectivity index (χ3n) is 4.79. The Kier molecular flexibility index (Phi) is 4.58. The number of nitrogens with one attached hydrogen (secondary N) is 1. The van der Waals surface area contributed by atoms with Gasteiger partial charge < -0.3 is 10.2 Å². The van der Waals surface area contributed by atoms with E-state index >= 15 is 0 Å². The summed E-state index contributed by atoms with van der Waals surface area (Å²) in [4.78, 5) is 27.9. The summed E-state index contributed by atoms with van der Waals surface area (Å²) in [7, 11) is 2.08. The van der Waals surface area contributed by atoms with E-state index in [0.717, 1.165) is 48.0 Å². The van der Waals surface area contributed by atoms with Gasteiger partial charge in [0.25, 0.3) is 5.91 Å². The van der Waals surface area contributed by atoms with Gasteiger partial charge in [-0.15, -0.1) is 0 Å². The molecular weight excluding hydrogens is 326 g/mol. The van der Waals surface area contributed by atoms with Crippen LogP contribution >= 0.6 is 0 Å². The molecule has 132 valence electrons. The van der Waals surface area contributed by atoms with Crippen molar-refractivity contribution in [1.82, 2.24) is 25.2 Å². The van der Waals surface area contributed by atoms with E-state index in [1.165, 1.54) is 0 Å². The van der Waals surface area contributed by atoms with Crippen molar-refractivity contribution >= 4 is 16.8 Å². The maximum Gasteiger partial charge on any atom is 0.270 e. The highest BCUT2D eigenvalue weighted by Gasteiger charge is 2.21. The maximum absolute atomic E-state index is 12.8. The van der Waals surface area contributed by atoms with Crippen LogP contribution in [0.2, 0.25) is 0 Å². The molecule has 1 saturated heterocycles. The number of amides is 1. The van der Waals surface area contributed by atoms with Crippen LogP contribution < -0.4 is 5.32 Å². The number of aromatic nitrogens is 3. The van der Waals surface area contributed by atoms with Crippen LogP contribution in [-0.2, 0) is 0 Å². The van der Waals surface area contributed by atoms with Crippen molar-refractivity contribution in [3.63, 3.8) is 0 Å². The first-order valence-electron chi connectivity index (χ1n) is 8.85. The maximum atomic E-state index is 12.8. The third kappa shape index (κ3) is 3.41. The fourth-order valence-corrected chi connectivity index (χ4v) is 3.50. The number of fused-ring (bicyclic) bond motifs is 1. The van der Waals surface area contributed by atoms with E-state index in [1.54, 1.807) is 24.8 Å². The van der Waals surface area contributed by atoms with E-state index in [4.69, 9.17) is 0 Å². The highest BCUT2D eigenvalue weighted by molar-refractivity contribution is 6.01. The second kappa shape index (κ2) is 7.17. The summed E-state index contributed by atoms with van der Waals surface area (Å²) in [6, 6.07) is 7.71. The van der Waals surface area contributed by atoms with E-state index < -0.39 is 0 Å². The average molecular weight is 347 g/mol. The lowest BCUT2D eigenvalue weighted by Crippen LogP contribution is -2.46. The first kappa shape index (κ1) is 16.6. The number of pyridine rings is 3. The van der Waals surface area contributed by atoms with Crippen molar-refractivity contribution in [2.24, 2.45) is 0 Å². The van der Waals surface area contributed by atoms with Gasteiger partial charge >= 0.3 is 0 Å². The molecule has 1 atom stereocenters. The van der Waals surface area contributed by atoms with Gasteiger partial charge in [0.1, 0.15) is 5.69 Å². The van der Waals surface area contributed by atoms with Crippen LogP contribution in [0.15, 0.2) is 49.1 Å². The molecule has 0 aromatic carbocycles. The summed E-state index contributed by atoms with van der Waals surface area (Å²) in [5.41, 5.74) is 3.13. The molecule has 0 aliphatic carbocycles. The molecule has 1 aliphatic rings. The fraction of sp³-hybridized carbons (Fsp3) is 0.300. The fourth-order valence-electron chi connectivity index (χ4n) is 3.50.